The van der Waals surface area contributed by atoms with Crippen molar-refractivity contribution in [3.8, 4) is 0 Å². The van der Waals surface area contributed by atoms with Crippen LogP contribution in [0.4, 0.5) is 28.4 Å². The van der Waals surface area contributed by atoms with Crippen molar-refractivity contribution in [2.24, 2.45) is 0 Å². The summed E-state index contributed by atoms with van der Waals surface area (Å²) in [4.78, 5) is 4.98. The number of fused-ring (bicyclic) bond motifs is 1. The average Bonchev–Trinajstić information content (AvgIpc) is 3.44. The van der Waals surface area contributed by atoms with E-state index >= 15 is 0 Å². The van der Waals surface area contributed by atoms with Crippen LogP contribution >= 0.6 is 0 Å². The number of rotatable bonds is 4. The summed E-state index contributed by atoms with van der Waals surface area (Å²) in [6, 6.07) is 41.2. The van der Waals surface area contributed by atoms with Gasteiger partial charge in [-0.2, -0.15) is 0 Å². The van der Waals surface area contributed by atoms with Crippen LogP contribution in [-0.2, 0) is 6.42 Å². The van der Waals surface area contributed by atoms with Crippen molar-refractivity contribution in [2.45, 2.75) is 48.0 Å². The van der Waals surface area contributed by atoms with Gasteiger partial charge in [-0.3, -0.25) is 0 Å². The molecule has 1 aliphatic heterocycles. The lowest BCUT2D eigenvalue weighted by molar-refractivity contribution is 1.00. The van der Waals surface area contributed by atoms with Crippen molar-refractivity contribution in [3.63, 3.8) is 0 Å². The molecule has 2 nitrogen and oxygen atoms in total. The fourth-order valence-corrected chi connectivity index (χ4v) is 7.38. The molecule has 0 spiro atoms. The minimum absolute atomic E-state index is 1.02. The molecule has 0 radical (unpaired) electrons. The second kappa shape index (κ2) is 11.0. The van der Waals surface area contributed by atoms with Gasteiger partial charge in [0, 0.05) is 40.1 Å². The molecule has 8 rings (SSSR count). The lowest BCUT2D eigenvalue weighted by Gasteiger charge is -2.29. The molecule has 0 aliphatic carbocycles. The molecule has 7 aromatic carbocycles. The van der Waals surface area contributed by atoms with E-state index in [-0.39, 0.29) is 0 Å². The number of hydrogen-bond donors (Lipinski definition) is 0. The van der Waals surface area contributed by atoms with Gasteiger partial charge in [0.1, 0.15) is 0 Å². The molecule has 0 saturated heterocycles. The second-order valence-electron chi connectivity index (χ2n) is 12.1. The highest BCUT2D eigenvalue weighted by atomic mass is 15.2. The number of anilines is 5. The van der Waals surface area contributed by atoms with Crippen molar-refractivity contribution < 1.29 is 0 Å². The van der Waals surface area contributed by atoms with Crippen LogP contribution in [0, 0.1) is 27.7 Å². The Hall–Kier alpha value is -4.82. The molecule has 44 heavy (non-hydrogen) atoms. The third kappa shape index (κ3) is 4.57. The highest BCUT2D eigenvalue weighted by molar-refractivity contribution is 6.28. The smallest absolute Gasteiger partial charge is 0.0540 e. The Morgan fingerprint density at radius 3 is 1.68 bits per heavy atom. The quantitative estimate of drug-likeness (QED) is 0.194. The third-order valence-electron chi connectivity index (χ3n) is 8.97. The molecule has 1 aliphatic rings. The van der Waals surface area contributed by atoms with Crippen molar-refractivity contribution in [1.82, 2.24) is 0 Å². The van der Waals surface area contributed by atoms with E-state index in [2.05, 4.69) is 147 Å². The molecule has 0 amide bonds. The summed E-state index contributed by atoms with van der Waals surface area (Å²) in [7, 11) is 0. The summed E-state index contributed by atoms with van der Waals surface area (Å²) in [6.45, 7) is 13.8. The first-order chi connectivity index (χ1) is 21.4. The van der Waals surface area contributed by atoms with Gasteiger partial charge < -0.3 is 9.80 Å². The molecule has 7 aromatic rings. The van der Waals surface area contributed by atoms with E-state index in [9.17, 15) is 0 Å². The van der Waals surface area contributed by atoms with Crippen LogP contribution in [-0.4, -0.2) is 6.54 Å². The van der Waals surface area contributed by atoms with E-state index in [1.54, 1.807) is 0 Å². The van der Waals surface area contributed by atoms with Crippen molar-refractivity contribution in [2.75, 3.05) is 16.3 Å². The fraction of sp³-hybridized carbons (Fsp3) is 0.190. The fourth-order valence-electron chi connectivity index (χ4n) is 7.38. The van der Waals surface area contributed by atoms with Crippen LogP contribution in [0.15, 0.2) is 109 Å². The SMILES string of the molecule is CC.Cc1cc(C)cc(N(c2cc(C)cc(C)c2)c2ccc3ccc4c(N5CCc6ccccc65)ccc5ccc2c3c54)c1. The predicted octanol–water partition coefficient (Wildman–Crippen LogP) is 12.0. The zero-order valence-electron chi connectivity index (χ0n) is 26.7. The summed E-state index contributed by atoms with van der Waals surface area (Å²) in [5.41, 5.74) is 12.8. The summed E-state index contributed by atoms with van der Waals surface area (Å²) in [5, 5.41) is 7.88. The van der Waals surface area contributed by atoms with Crippen molar-refractivity contribution >= 4 is 60.8 Å². The molecule has 1 heterocycles. The van der Waals surface area contributed by atoms with Crippen LogP contribution in [0.3, 0.4) is 0 Å². The molecule has 0 N–H and O–H groups in total. The van der Waals surface area contributed by atoms with Gasteiger partial charge in [-0.25, -0.2) is 0 Å². The maximum absolute atomic E-state index is 2.51. The van der Waals surface area contributed by atoms with Gasteiger partial charge in [-0.05, 0) is 126 Å². The molecule has 218 valence electrons. The van der Waals surface area contributed by atoms with Crippen LogP contribution in [0.1, 0.15) is 41.7 Å². The number of aryl methyl sites for hydroxylation is 4. The van der Waals surface area contributed by atoms with E-state index in [4.69, 9.17) is 0 Å². The lowest BCUT2D eigenvalue weighted by atomic mass is 9.91. The first-order valence-corrected chi connectivity index (χ1v) is 16.0. The van der Waals surface area contributed by atoms with Gasteiger partial charge in [0.25, 0.3) is 0 Å². The van der Waals surface area contributed by atoms with E-state index in [0.717, 1.165) is 13.0 Å². The summed E-state index contributed by atoms with van der Waals surface area (Å²) in [6.07, 6.45) is 1.09. The minimum atomic E-state index is 1.02. The third-order valence-corrected chi connectivity index (χ3v) is 8.97. The molecule has 0 bridgehead atoms. The molecular weight excluding hydrogens is 532 g/mol. The maximum Gasteiger partial charge on any atom is 0.0540 e. The van der Waals surface area contributed by atoms with Gasteiger partial charge in [0.2, 0.25) is 0 Å². The predicted molar refractivity (Wildman–Crippen MR) is 192 cm³/mol. The Morgan fingerprint density at radius 2 is 1.05 bits per heavy atom. The van der Waals surface area contributed by atoms with E-state index in [0.29, 0.717) is 0 Å². The zero-order chi connectivity index (χ0) is 30.5. The Bertz CT molecular complexity index is 2060. The van der Waals surface area contributed by atoms with Crippen LogP contribution in [0.2, 0.25) is 0 Å². The van der Waals surface area contributed by atoms with Crippen molar-refractivity contribution in [3.05, 3.63) is 137 Å². The molecular formula is C42H40N2. The monoisotopic (exact) mass is 572 g/mol. The maximum atomic E-state index is 2.51. The number of nitrogens with zero attached hydrogens (tertiary/aromatic N) is 2. The second-order valence-corrected chi connectivity index (χ2v) is 12.1. The molecule has 0 fully saturated rings. The largest absolute Gasteiger partial charge is 0.340 e. The molecule has 0 aromatic heterocycles. The van der Waals surface area contributed by atoms with E-state index in [1.165, 1.54) is 88.6 Å². The number of benzene rings is 7. The number of para-hydroxylation sites is 1. The van der Waals surface area contributed by atoms with Crippen LogP contribution < -0.4 is 9.80 Å². The number of hydrogen-bond acceptors (Lipinski definition) is 2. The Morgan fingerprint density at radius 1 is 0.523 bits per heavy atom. The highest BCUT2D eigenvalue weighted by Crippen LogP contribution is 2.47. The molecule has 2 heteroatoms. The van der Waals surface area contributed by atoms with Gasteiger partial charge in [0.15, 0.2) is 0 Å². The van der Waals surface area contributed by atoms with E-state index in [1.807, 2.05) is 13.8 Å². The zero-order valence-corrected chi connectivity index (χ0v) is 26.7. The van der Waals surface area contributed by atoms with Gasteiger partial charge >= 0.3 is 0 Å². The average molecular weight is 573 g/mol. The van der Waals surface area contributed by atoms with Crippen molar-refractivity contribution in [1.29, 1.82) is 0 Å². The standard InChI is InChI=1S/C40H34N2.C2H6/c1-25-19-26(2)22-32(21-25)42(33-23-27(3)20-28(4)24-33)38-16-12-31-9-13-34-37(41-18-17-29-7-5-6-8-36(29)41)15-11-30-10-14-35(38)40(31)39(30)34;1-2/h5-16,19-24H,17-18H2,1-4H3;1-2H3. The molecule has 0 unspecified atom stereocenters. The van der Waals surface area contributed by atoms with Crippen LogP contribution in [0.25, 0.3) is 32.3 Å². The molecule has 0 saturated carbocycles. The highest BCUT2D eigenvalue weighted by Gasteiger charge is 2.24. The van der Waals surface area contributed by atoms with Gasteiger partial charge in [-0.15, -0.1) is 0 Å². The van der Waals surface area contributed by atoms with Crippen LogP contribution in [0.5, 0.6) is 0 Å². The Labute approximate surface area is 261 Å². The normalized spacial score (nSPS) is 12.5. The first kappa shape index (κ1) is 28.0. The minimum Gasteiger partial charge on any atom is -0.340 e. The summed E-state index contributed by atoms with van der Waals surface area (Å²) < 4.78 is 0. The Kier molecular flexibility index (Phi) is 7.01. The topological polar surface area (TPSA) is 6.48 Å². The summed E-state index contributed by atoms with van der Waals surface area (Å²) in [5.74, 6) is 0. The van der Waals surface area contributed by atoms with E-state index < -0.39 is 0 Å². The molecule has 0 atom stereocenters. The van der Waals surface area contributed by atoms with Gasteiger partial charge in [0.05, 0.1) is 5.69 Å². The lowest BCUT2D eigenvalue weighted by Crippen LogP contribution is -2.14. The van der Waals surface area contributed by atoms with Gasteiger partial charge in [-0.1, -0.05) is 80.6 Å². The summed E-state index contributed by atoms with van der Waals surface area (Å²) >= 11 is 0. The Balaban J connectivity index is 0.00000153. The first-order valence-electron chi connectivity index (χ1n) is 16.0.